The van der Waals surface area contributed by atoms with Crippen LogP contribution in [0.4, 0.5) is 4.79 Å². The molecule has 0 radical (unpaired) electrons. The number of carbonyl (C=O) groups is 1. The molecule has 3 nitrogen and oxygen atoms in total. The van der Waals surface area contributed by atoms with Crippen molar-refractivity contribution < 1.29 is 9.90 Å². The molecule has 0 aliphatic heterocycles. The van der Waals surface area contributed by atoms with Crippen LogP contribution in [0.2, 0.25) is 0 Å². The average molecular weight is 171 g/mol. The number of nitrogens with one attached hydrogen (secondary N) is 1. The van der Waals surface area contributed by atoms with Crippen molar-refractivity contribution in [2.45, 2.75) is 13.0 Å². The molecule has 11 heavy (non-hydrogen) atoms. The highest BCUT2D eigenvalue weighted by atomic mass is 32.1. The molecule has 1 unspecified atom stereocenters. The molecule has 0 saturated carbocycles. The van der Waals surface area contributed by atoms with E-state index in [4.69, 9.17) is 5.11 Å². The molecular formula is C7H9NO2S. The third-order valence-corrected chi connectivity index (χ3v) is 2.36. The van der Waals surface area contributed by atoms with Crippen molar-refractivity contribution in [1.82, 2.24) is 5.32 Å². The maximum atomic E-state index is 10.2. The lowest BCUT2D eigenvalue weighted by molar-refractivity contribution is 0.191. The summed E-state index contributed by atoms with van der Waals surface area (Å²) < 4.78 is 0. The van der Waals surface area contributed by atoms with E-state index in [-0.39, 0.29) is 6.04 Å². The van der Waals surface area contributed by atoms with Crippen LogP contribution in [0.3, 0.4) is 0 Å². The topological polar surface area (TPSA) is 49.3 Å². The second-order valence-corrected chi connectivity index (χ2v) is 3.17. The van der Waals surface area contributed by atoms with E-state index in [0.29, 0.717) is 0 Å². The van der Waals surface area contributed by atoms with Crippen molar-refractivity contribution >= 4 is 17.4 Å². The van der Waals surface area contributed by atoms with Gasteiger partial charge in [-0.2, -0.15) is 0 Å². The Labute approximate surface area is 68.7 Å². The number of hydrogen-bond donors (Lipinski definition) is 2. The van der Waals surface area contributed by atoms with Gasteiger partial charge in [0.15, 0.2) is 0 Å². The van der Waals surface area contributed by atoms with Crippen molar-refractivity contribution in [3.05, 3.63) is 22.4 Å². The van der Waals surface area contributed by atoms with Gasteiger partial charge in [-0.25, -0.2) is 4.79 Å². The minimum atomic E-state index is -0.981. The predicted molar refractivity (Wildman–Crippen MR) is 43.9 cm³/mol. The first-order valence-electron chi connectivity index (χ1n) is 3.23. The quantitative estimate of drug-likeness (QED) is 0.715. The molecule has 0 bridgehead atoms. The van der Waals surface area contributed by atoms with Crippen molar-refractivity contribution in [3.8, 4) is 0 Å². The third-order valence-electron chi connectivity index (χ3n) is 1.31. The summed E-state index contributed by atoms with van der Waals surface area (Å²) >= 11 is 1.55. The van der Waals surface area contributed by atoms with Crippen LogP contribution in [0.15, 0.2) is 17.5 Å². The number of carboxylic acid groups (broad SMARTS) is 1. The lowest BCUT2D eigenvalue weighted by atomic mass is 10.3. The van der Waals surface area contributed by atoms with Gasteiger partial charge in [0.2, 0.25) is 0 Å². The molecule has 1 aromatic heterocycles. The van der Waals surface area contributed by atoms with Gasteiger partial charge >= 0.3 is 6.09 Å². The van der Waals surface area contributed by atoms with E-state index in [9.17, 15) is 4.79 Å². The van der Waals surface area contributed by atoms with Crippen LogP contribution in [0.5, 0.6) is 0 Å². The minimum absolute atomic E-state index is 0.104. The van der Waals surface area contributed by atoms with E-state index in [1.807, 2.05) is 24.4 Å². The van der Waals surface area contributed by atoms with Gasteiger partial charge in [-0.05, 0) is 18.4 Å². The van der Waals surface area contributed by atoms with Gasteiger partial charge in [0.25, 0.3) is 0 Å². The second kappa shape index (κ2) is 3.39. The summed E-state index contributed by atoms with van der Waals surface area (Å²) in [4.78, 5) is 11.2. The molecule has 1 heterocycles. The Morgan fingerprint density at radius 1 is 1.82 bits per heavy atom. The second-order valence-electron chi connectivity index (χ2n) is 2.19. The summed E-state index contributed by atoms with van der Waals surface area (Å²) in [6.45, 7) is 1.82. The molecule has 4 heteroatoms. The minimum Gasteiger partial charge on any atom is -0.465 e. The van der Waals surface area contributed by atoms with E-state index < -0.39 is 6.09 Å². The summed E-state index contributed by atoms with van der Waals surface area (Å²) in [6, 6.07) is 3.71. The number of rotatable bonds is 2. The van der Waals surface area contributed by atoms with Gasteiger partial charge in [0.1, 0.15) is 0 Å². The van der Waals surface area contributed by atoms with Gasteiger partial charge in [0.05, 0.1) is 6.04 Å². The fourth-order valence-corrected chi connectivity index (χ4v) is 1.53. The van der Waals surface area contributed by atoms with E-state index in [1.165, 1.54) is 0 Å². The summed E-state index contributed by atoms with van der Waals surface area (Å²) in [7, 11) is 0. The van der Waals surface area contributed by atoms with Crippen molar-refractivity contribution in [1.29, 1.82) is 0 Å². The molecule has 0 aromatic carbocycles. The van der Waals surface area contributed by atoms with Gasteiger partial charge in [-0.3, -0.25) is 0 Å². The Morgan fingerprint density at radius 3 is 3.00 bits per heavy atom. The fourth-order valence-electron chi connectivity index (χ4n) is 0.794. The Hall–Kier alpha value is -1.03. The fraction of sp³-hybridized carbons (Fsp3) is 0.286. The maximum absolute atomic E-state index is 10.2. The summed E-state index contributed by atoms with van der Waals surface area (Å²) in [6.07, 6.45) is -0.981. The van der Waals surface area contributed by atoms with Crippen LogP contribution >= 0.6 is 11.3 Å². The highest BCUT2D eigenvalue weighted by Gasteiger charge is 2.07. The van der Waals surface area contributed by atoms with Crippen LogP contribution in [-0.2, 0) is 0 Å². The zero-order valence-corrected chi connectivity index (χ0v) is 6.89. The Kier molecular flexibility index (Phi) is 2.48. The van der Waals surface area contributed by atoms with Crippen LogP contribution in [0.1, 0.15) is 17.8 Å². The van der Waals surface area contributed by atoms with E-state index in [1.54, 1.807) is 11.3 Å². The lowest BCUT2D eigenvalue weighted by Gasteiger charge is -2.07. The largest absolute Gasteiger partial charge is 0.465 e. The summed E-state index contributed by atoms with van der Waals surface area (Å²) in [5.74, 6) is 0. The number of amides is 1. The van der Waals surface area contributed by atoms with E-state index in [2.05, 4.69) is 5.32 Å². The van der Waals surface area contributed by atoms with Gasteiger partial charge < -0.3 is 10.4 Å². The number of hydrogen-bond acceptors (Lipinski definition) is 2. The zero-order chi connectivity index (χ0) is 8.27. The van der Waals surface area contributed by atoms with Crippen LogP contribution in [0, 0.1) is 0 Å². The van der Waals surface area contributed by atoms with Gasteiger partial charge in [-0.15, -0.1) is 11.3 Å². The normalized spacial score (nSPS) is 12.5. The molecule has 2 N–H and O–H groups in total. The zero-order valence-electron chi connectivity index (χ0n) is 6.07. The molecule has 0 spiro atoms. The molecule has 1 atom stereocenters. The molecule has 0 aliphatic rings. The predicted octanol–water partition coefficient (Wildman–Crippen LogP) is 2.08. The van der Waals surface area contributed by atoms with E-state index >= 15 is 0 Å². The monoisotopic (exact) mass is 171 g/mol. The summed E-state index contributed by atoms with van der Waals surface area (Å²) in [5.41, 5.74) is 0. The van der Waals surface area contributed by atoms with Crippen LogP contribution < -0.4 is 5.32 Å². The van der Waals surface area contributed by atoms with Crippen molar-refractivity contribution in [3.63, 3.8) is 0 Å². The molecule has 1 aromatic rings. The highest BCUT2D eigenvalue weighted by Crippen LogP contribution is 2.17. The van der Waals surface area contributed by atoms with Crippen LogP contribution in [0.25, 0.3) is 0 Å². The first-order valence-corrected chi connectivity index (χ1v) is 4.11. The maximum Gasteiger partial charge on any atom is 0.405 e. The first-order chi connectivity index (χ1) is 5.20. The Bertz CT molecular complexity index is 233. The number of thiophene rings is 1. The molecule has 0 saturated heterocycles. The Balaban J connectivity index is 2.56. The highest BCUT2D eigenvalue weighted by molar-refractivity contribution is 7.10. The SMILES string of the molecule is CC(NC(=O)O)c1cccs1. The lowest BCUT2D eigenvalue weighted by Crippen LogP contribution is -2.23. The molecule has 1 amide bonds. The average Bonchev–Trinajstić information content (AvgIpc) is 2.35. The first kappa shape index (κ1) is 8.07. The molecule has 1 rings (SSSR count). The Morgan fingerprint density at radius 2 is 2.55 bits per heavy atom. The van der Waals surface area contributed by atoms with Gasteiger partial charge in [0, 0.05) is 4.88 Å². The molecule has 0 aliphatic carbocycles. The molecule has 0 fully saturated rings. The van der Waals surface area contributed by atoms with Gasteiger partial charge in [-0.1, -0.05) is 6.07 Å². The van der Waals surface area contributed by atoms with Crippen LogP contribution in [-0.4, -0.2) is 11.2 Å². The summed E-state index contributed by atoms with van der Waals surface area (Å²) in [5, 5.41) is 12.7. The third kappa shape index (κ3) is 2.23. The smallest absolute Gasteiger partial charge is 0.405 e. The van der Waals surface area contributed by atoms with Crippen molar-refractivity contribution in [2.75, 3.05) is 0 Å². The standard InChI is InChI=1S/C7H9NO2S/c1-5(8-7(9)10)6-3-2-4-11-6/h2-5,8H,1H3,(H,9,10). The molecular weight excluding hydrogens is 162 g/mol. The van der Waals surface area contributed by atoms with E-state index in [0.717, 1.165) is 4.88 Å². The van der Waals surface area contributed by atoms with Crippen molar-refractivity contribution in [2.24, 2.45) is 0 Å². The molecule has 60 valence electrons.